The van der Waals surface area contributed by atoms with E-state index in [1.54, 1.807) is 25.1 Å². The van der Waals surface area contributed by atoms with E-state index in [2.05, 4.69) is 6.92 Å². The van der Waals surface area contributed by atoms with Crippen LogP contribution in [0.2, 0.25) is 0 Å². The van der Waals surface area contributed by atoms with Crippen LogP contribution in [-0.2, 0) is 15.7 Å². The summed E-state index contributed by atoms with van der Waals surface area (Å²) < 4.78 is 50.8. The summed E-state index contributed by atoms with van der Waals surface area (Å²) in [5.41, 5.74) is -0.0100. The summed E-state index contributed by atoms with van der Waals surface area (Å²) in [6, 6.07) is 11.9. The van der Waals surface area contributed by atoms with Gasteiger partial charge in [0.25, 0.3) is 0 Å². The maximum absolute atomic E-state index is 13.2. The van der Waals surface area contributed by atoms with E-state index in [1.165, 1.54) is 56.7 Å². The zero-order chi connectivity index (χ0) is 24.8. The number of para-hydroxylation sites is 1. The average Bonchev–Trinajstić information content (AvgIpc) is 2.82. The van der Waals surface area contributed by atoms with E-state index in [0.29, 0.717) is 17.9 Å². The van der Waals surface area contributed by atoms with E-state index in [9.17, 15) is 18.0 Å². The Hall–Kier alpha value is -2.76. The molecule has 0 amide bonds. The van der Waals surface area contributed by atoms with Gasteiger partial charge in [-0.05, 0) is 43.2 Å². The van der Waals surface area contributed by atoms with Crippen molar-refractivity contribution in [1.29, 1.82) is 0 Å². The molecule has 2 aromatic rings. The van der Waals surface area contributed by atoms with E-state index < -0.39 is 17.7 Å². The van der Waals surface area contributed by atoms with Crippen LogP contribution in [-0.4, -0.2) is 19.2 Å². The molecule has 6 heteroatoms. The molecule has 2 aromatic carbocycles. The van der Waals surface area contributed by atoms with Crippen molar-refractivity contribution in [3.05, 3.63) is 65.2 Å². The molecule has 34 heavy (non-hydrogen) atoms. The molecule has 0 heterocycles. The van der Waals surface area contributed by atoms with Gasteiger partial charge in [-0.3, -0.25) is 0 Å². The van der Waals surface area contributed by atoms with Crippen LogP contribution in [0.15, 0.2) is 48.5 Å². The first-order valence-electron chi connectivity index (χ1n) is 12.1. The third kappa shape index (κ3) is 9.24. The lowest BCUT2D eigenvalue weighted by Gasteiger charge is -2.13. The fourth-order valence-corrected chi connectivity index (χ4v) is 3.64. The van der Waals surface area contributed by atoms with Crippen molar-refractivity contribution < 1.29 is 27.4 Å². The van der Waals surface area contributed by atoms with Gasteiger partial charge in [0.2, 0.25) is 0 Å². The minimum Gasteiger partial charge on any atom is -0.493 e. The molecule has 0 aromatic heterocycles. The number of alkyl halides is 3. The molecule has 0 fully saturated rings. The highest BCUT2D eigenvalue weighted by Gasteiger charge is 2.31. The van der Waals surface area contributed by atoms with E-state index in [-0.39, 0.29) is 17.7 Å². The molecule has 0 bridgehead atoms. The zero-order valence-electron chi connectivity index (χ0n) is 20.1. The van der Waals surface area contributed by atoms with Crippen LogP contribution >= 0.6 is 0 Å². The molecule has 0 radical (unpaired) electrons. The van der Waals surface area contributed by atoms with Gasteiger partial charge >= 0.3 is 12.1 Å². The van der Waals surface area contributed by atoms with Crippen molar-refractivity contribution >= 4 is 17.6 Å². The van der Waals surface area contributed by atoms with E-state index in [4.69, 9.17) is 9.47 Å². The molecule has 3 nitrogen and oxygen atoms in total. The Morgan fingerprint density at radius 1 is 0.882 bits per heavy atom. The van der Waals surface area contributed by atoms with Crippen molar-refractivity contribution in [3.63, 3.8) is 0 Å². The predicted molar refractivity (Wildman–Crippen MR) is 130 cm³/mol. The molecule has 0 aliphatic carbocycles. The molecule has 2 rings (SSSR count). The summed E-state index contributed by atoms with van der Waals surface area (Å²) in [6.07, 6.45) is 6.55. The predicted octanol–water partition coefficient (Wildman–Crippen LogP) is 8.33. The Morgan fingerprint density at radius 3 is 2.24 bits per heavy atom. The third-order valence-corrected chi connectivity index (χ3v) is 5.47. The Bertz CT molecular complexity index is 919. The normalized spacial score (nSPS) is 12.0. The van der Waals surface area contributed by atoms with Crippen molar-refractivity contribution in [2.45, 2.75) is 71.4 Å². The van der Waals surface area contributed by atoms with Crippen molar-refractivity contribution in [2.24, 2.45) is 0 Å². The highest BCUT2D eigenvalue weighted by molar-refractivity contribution is 6.21. The molecular weight excluding hydrogens is 441 g/mol. The van der Waals surface area contributed by atoms with Crippen LogP contribution in [0.4, 0.5) is 13.2 Å². The van der Waals surface area contributed by atoms with Crippen LogP contribution < -0.4 is 4.74 Å². The standard InChI is InChI=1S/C28H35F3O3/c1-3-5-6-7-8-9-10-13-19-34-26-18-12-11-15-23(26)21-25(27(32)33-4-2)22-16-14-17-24(20-22)28(29,30)31/h11-12,14-18,20-21H,3-10,13,19H2,1-2H3. The lowest BCUT2D eigenvalue weighted by molar-refractivity contribution is -0.138. The maximum Gasteiger partial charge on any atom is 0.416 e. The summed E-state index contributed by atoms with van der Waals surface area (Å²) >= 11 is 0. The van der Waals surface area contributed by atoms with Crippen molar-refractivity contribution in [2.75, 3.05) is 13.2 Å². The lowest BCUT2D eigenvalue weighted by Crippen LogP contribution is -2.09. The molecule has 0 saturated heterocycles. The summed E-state index contributed by atoms with van der Waals surface area (Å²) in [7, 11) is 0. The fraction of sp³-hybridized carbons (Fsp3) is 0.464. The number of ether oxygens (including phenoxy) is 2. The first kappa shape index (κ1) is 27.5. The minimum atomic E-state index is -4.51. The van der Waals surface area contributed by atoms with Crippen LogP contribution in [0, 0.1) is 0 Å². The highest BCUT2D eigenvalue weighted by atomic mass is 19.4. The van der Waals surface area contributed by atoms with Gasteiger partial charge in [-0.15, -0.1) is 0 Å². The van der Waals surface area contributed by atoms with Gasteiger partial charge in [-0.25, -0.2) is 4.79 Å². The Balaban J connectivity index is 2.13. The molecule has 0 unspecified atom stereocenters. The van der Waals surface area contributed by atoms with Crippen LogP contribution in [0.1, 0.15) is 81.9 Å². The van der Waals surface area contributed by atoms with Crippen molar-refractivity contribution in [3.8, 4) is 5.75 Å². The number of rotatable bonds is 14. The van der Waals surface area contributed by atoms with Crippen LogP contribution in [0.25, 0.3) is 11.6 Å². The maximum atomic E-state index is 13.2. The molecule has 186 valence electrons. The minimum absolute atomic E-state index is 0.0519. The first-order valence-corrected chi connectivity index (χ1v) is 12.1. The van der Waals surface area contributed by atoms with Gasteiger partial charge in [0.05, 0.1) is 24.4 Å². The largest absolute Gasteiger partial charge is 0.493 e. The average molecular weight is 477 g/mol. The topological polar surface area (TPSA) is 35.5 Å². The number of hydrogen-bond donors (Lipinski definition) is 0. The van der Waals surface area contributed by atoms with Crippen LogP contribution in [0.5, 0.6) is 5.75 Å². The second-order valence-electron chi connectivity index (χ2n) is 8.22. The van der Waals surface area contributed by atoms with Crippen molar-refractivity contribution in [1.82, 2.24) is 0 Å². The third-order valence-electron chi connectivity index (χ3n) is 5.47. The molecule has 0 spiro atoms. The molecule has 0 aliphatic heterocycles. The smallest absolute Gasteiger partial charge is 0.416 e. The summed E-state index contributed by atoms with van der Waals surface area (Å²) in [6.45, 7) is 4.52. The molecular formula is C28H35F3O3. The van der Waals surface area contributed by atoms with E-state index in [1.807, 2.05) is 6.07 Å². The number of esters is 1. The summed E-state index contributed by atoms with van der Waals surface area (Å²) in [5.74, 6) is -0.0982. The second kappa shape index (κ2) is 14.5. The number of carbonyl (C=O) groups is 1. The Labute approximate surface area is 201 Å². The van der Waals surface area contributed by atoms with Crippen LogP contribution in [0.3, 0.4) is 0 Å². The number of carbonyl (C=O) groups excluding carboxylic acids is 1. The fourth-order valence-electron chi connectivity index (χ4n) is 3.64. The van der Waals surface area contributed by atoms with E-state index >= 15 is 0 Å². The Kier molecular flexibility index (Phi) is 11.7. The molecule has 0 saturated carbocycles. The van der Waals surface area contributed by atoms with Gasteiger partial charge < -0.3 is 9.47 Å². The summed E-state index contributed by atoms with van der Waals surface area (Å²) in [4.78, 5) is 12.6. The van der Waals surface area contributed by atoms with Gasteiger partial charge in [0.1, 0.15) is 5.75 Å². The SMILES string of the molecule is CCCCCCCCCCOc1ccccc1C=C(C(=O)OCC)c1cccc(C(F)(F)F)c1. The number of halogens is 3. The number of benzene rings is 2. The van der Waals surface area contributed by atoms with E-state index in [0.717, 1.165) is 25.0 Å². The van der Waals surface area contributed by atoms with Gasteiger partial charge in [-0.1, -0.05) is 82.2 Å². The molecule has 0 N–H and O–H groups in total. The van der Waals surface area contributed by atoms with Gasteiger partial charge in [0, 0.05) is 5.56 Å². The molecule has 0 atom stereocenters. The van der Waals surface area contributed by atoms with Gasteiger partial charge in [0.15, 0.2) is 0 Å². The van der Waals surface area contributed by atoms with Gasteiger partial charge in [-0.2, -0.15) is 13.2 Å². The lowest BCUT2D eigenvalue weighted by atomic mass is 10.00. The monoisotopic (exact) mass is 476 g/mol. The summed E-state index contributed by atoms with van der Waals surface area (Å²) in [5, 5.41) is 0. The number of hydrogen-bond acceptors (Lipinski definition) is 3. The quantitative estimate of drug-likeness (QED) is 0.119. The number of unbranched alkanes of at least 4 members (excludes halogenated alkanes) is 7. The Morgan fingerprint density at radius 2 is 1.56 bits per heavy atom. The highest BCUT2D eigenvalue weighted by Crippen LogP contribution is 2.32. The zero-order valence-corrected chi connectivity index (χ0v) is 20.1. The molecule has 0 aliphatic rings. The second-order valence-corrected chi connectivity index (χ2v) is 8.22. The first-order chi connectivity index (χ1) is 16.4.